The third kappa shape index (κ3) is 6.59. The lowest BCUT2D eigenvalue weighted by atomic mass is 10.2. The van der Waals surface area contributed by atoms with Crippen LogP contribution in [0.1, 0.15) is 11.1 Å². The van der Waals surface area contributed by atoms with E-state index in [0.717, 1.165) is 0 Å². The van der Waals surface area contributed by atoms with Gasteiger partial charge in [-0.05, 0) is 72.8 Å². The first-order valence-electron chi connectivity index (χ1n) is 11.8. The summed E-state index contributed by atoms with van der Waals surface area (Å²) in [4.78, 5) is 29.8. The van der Waals surface area contributed by atoms with Gasteiger partial charge >= 0.3 is 0 Å². The maximum Gasteiger partial charge on any atom is 0.269 e. The first kappa shape index (κ1) is 28.6. The van der Waals surface area contributed by atoms with E-state index in [1.807, 2.05) is 0 Å². The molecule has 0 N–H and O–H groups in total. The fraction of sp³-hybridized carbons (Fsp3) is 0.0714. The number of aliphatic imine (C=N–C) groups is 2. The van der Waals surface area contributed by atoms with Crippen molar-refractivity contribution < 1.29 is 27.7 Å². The minimum absolute atomic E-state index is 0.148. The highest BCUT2D eigenvalue weighted by molar-refractivity contribution is 8.20. The van der Waals surface area contributed by atoms with E-state index in [2.05, 4.69) is 9.98 Å². The zero-order valence-corrected chi connectivity index (χ0v) is 22.5. The van der Waals surface area contributed by atoms with Gasteiger partial charge in [-0.25, -0.2) is 18.4 Å². The molecule has 41 heavy (non-hydrogen) atoms. The number of hydrogen-bond acceptors (Lipinski definition) is 10. The van der Waals surface area contributed by atoms with Crippen molar-refractivity contribution in [3.8, 4) is 11.5 Å². The largest absolute Gasteiger partial charge is 0.497 e. The Morgan fingerprint density at radius 1 is 0.585 bits per heavy atom. The molecule has 0 amide bonds. The number of ether oxygens (including phenoxy) is 2. The monoisotopic (exact) mass is 574 g/mol. The molecular formula is C28H22N4O8S. The number of sulfone groups is 1. The lowest BCUT2D eigenvalue weighted by molar-refractivity contribution is -0.385. The molecule has 0 fully saturated rings. The zero-order valence-electron chi connectivity index (χ0n) is 21.7. The smallest absolute Gasteiger partial charge is 0.269 e. The first-order valence-corrected chi connectivity index (χ1v) is 13.3. The fourth-order valence-electron chi connectivity index (χ4n) is 3.65. The summed E-state index contributed by atoms with van der Waals surface area (Å²) in [6.45, 7) is 0. The Labute approximate surface area is 234 Å². The summed E-state index contributed by atoms with van der Waals surface area (Å²) in [6, 6.07) is 22.5. The molecule has 4 aromatic rings. The van der Waals surface area contributed by atoms with Crippen molar-refractivity contribution in [1.29, 1.82) is 0 Å². The molecule has 4 aromatic carbocycles. The van der Waals surface area contributed by atoms with Gasteiger partial charge in [0.2, 0.25) is 9.84 Å². The van der Waals surface area contributed by atoms with E-state index in [0.29, 0.717) is 11.5 Å². The summed E-state index contributed by atoms with van der Waals surface area (Å²) >= 11 is 0. The summed E-state index contributed by atoms with van der Waals surface area (Å²) in [7, 11) is -1.57. The molecule has 0 aliphatic heterocycles. The third-order valence-corrected chi connectivity index (χ3v) is 7.44. The molecule has 0 saturated carbocycles. The summed E-state index contributed by atoms with van der Waals surface area (Å²) < 4.78 is 39.1. The molecule has 0 bridgehead atoms. The highest BCUT2D eigenvalue weighted by Crippen LogP contribution is 2.27. The van der Waals surface area contributed by atoms with E-state index in [9.17, 15) is 28.6 Å². The van der Waals surface area contributed by atoms with Gasteiger partial charge in [0.15, 0.2) is 10.1 Å². The van der Waals surface area contributed by atoms with Gasteiger partial charge in [-0.15, -0.1) is 0 Å². The van der Waals surface area contributed by atoms with Crippen molar-refractivity contribution in [2.45, 2.75) is 0 Å². The molecule has 13 heteroatoms. The highest BCUT2D eigenvalue weighted by Gasteiger charge is 2.30. The standard InChI is InChI=1S/C28H22N4O8S/c1-39-25-15-3-19(4-16-25)27(29-21-7-11-23(12-8-21)31(33)34)41(37,38)28(20-5-17-26(40-2)18-6-20)30-22-9-13-24(14-10-22)32(35)36/h3-18H,1-2H3. The van der Waals surface area contributed by atoms with E-state index in [1.54, 1.807) is 24.3 Å². The van der Waals surface area contributed by atoms with E-state index in [-0.39, 0.29) is 44.0 Å². The summed E-state index contributed by atoms with van der Waals surface area (Å²) in [5, 5.41) is 21.4. The highest BCUT2D eigenvalue weighted by atomic mass is 32.2. The molecule has 12 nitrogen and oxygen atoms in total. The summed E-state index contributed by atoms with van der Waals surface area (Å²) in [5.74, 6) is 0.964. The SMILES string of the molecule is COc1ccc(C(=Nc2ccc([N+](=O)[O-])cc2)S(=O)(=O)C(=Nc2ccc([N+](=O)[O-])cc2)c2ccc(OC)cc2)cc1. The molecule has 0 radical (unpaired) electrons. The van der Waals surface area contributed by atoms with Crippen LogP contribution < -0.4 is 9.47 Å². The van der Waals surface area contributed by atoms with Crippen molar-refractivity contribution in [3.05, 3.63) is 128 Å². The van der Waals surface area contributed by atoms with Gasteiger partial charge in [-0.2, -0.15) is 0 Å². The molecule has 0 saturated heterocycles. The Morgan fingerprint density at radius 2 is 0.902 bits per heavy atom. The van der Waals surface area contributed by atoms with E-state index >= 15 is 0 Å². The fourth-order valence-corrected chi connectivity index (χ4v) is 5.18. The summed E-state index contributed by atoms with van der Waals surface area (Å²) in [5.41, 5.74) is 0.333. The van der Waals surface area contributed by atoms with Crippen LogP contribution >= 0.6 is 0 Å². The number of rotatable bonds is 8. The Hall–Kier alpha value is -5.43. The zero-order chi connectivity index (χ0) is 29.6. The Kier molecular flexibility index (Phi) is 8.48. The molecule has 0 aliphatic rings. The predicted molar refractivity (Wildman–Crippen MR) is 153 cm³/mol. The molecule has 4 rings (SSSR count). The molecule has 0 aromatic heterocycles. The van der Waals surface area contributed by atoms with Gasteiger partial charge in [-0.1, -0.05) is 0 Å². The molecule has 208 valence electrons. The summed E-state index contributed by atoms with van der Waals surface area (Å²) in [6.07, 6.45) is 0. The Bertz CT molecular complexity index is 1610. The second-order valence-corrected chi connectivity index (χ2v) is 10.1. The van der Waals surface area contributed by atoms with Crippen molar-refractivity contribution in [2.75, 3.05) is 14.2 Å². The van der Waals surface area contributed by atoms with Gasteiger partial charge in [0, 0.05) is 35.4 Å². The maximum absolute atomic E-state index is 14.4. The normalized spacial score (nSPS) is 12.0. The van der Waals surface area contributed by atoms with Crippen LogP contribution in [0, 0.1) is 20.2 Å². The lowest BCUT2D eigenvalue weighted by Crippen LogP contribution is -2.26. The van der Waals surface area contributed by atoms with Crippen LogP contribution in [-0.2, 0) is 9.84 Å². The molecule has 0 atom stereocenters. The quantitative estimate of drug-likeness (QED) is 0.110. The predicted octanol–water partition coefficient (Wildman–Crippen LogP) is 5.79. The third-order valence-electron chi connectivity index (χ3n) is 5.77. The second-order valence-electron chi connectivity index (χ2n) is 8.34. The molecule has 0 unspecified atom stereocenters. The number of hydrogen-bond donors (Lipinski definition) is 0. The maximum atomic E-state index is 14.4. The number of methoxy groups -OCH3 is 2. The number of nitro groups is 2. The van der Waals surface area contributed by atoms with E-state index in [4.69, 9.17) is 9.47 Å². The lowest BCUT2D eigenvalue weighted by Gasteiger charge is -2.13. The van der Waals surface area contributed by atoms with Gasteiger partial charge in [0.25, 0.3) is 11.4 Å². The van der Waals surface area contributed by atoms with Gasteiger partial charge in [0.05, 0.1) is 35.4 Å². The first-order chi connectivity index (χ1) is 19.6. The van der Waals surface area contributed by atoms with Crippen molar-refractivity contribution in [3.63, 3.8) is 0 Å². The van der Waals surface area contributed by atoms with Gasteiger partial charge in [-0.3, -0.25) is 20.2 Å². The Morgan fingerprint density at radius 3 is 1.17 bits per heavy atom. The van der Waals surface area contributed by atoms with Crippen molar-refractivity contribution in [2.24, 2.45) is 9.98 Å². The minimum atomic E-state index is -4.51. The minimum Gasteiger partial charge on any atom is -0.497 e. The molecule has 0 aliphatic carbocycles. The van der Waals surface area contributed by atoms with E-state index < -0.39 is 19.7 Å². The molecule has 0 heterocycles. The van der Waals surface area contributed by atoms with Gasteiger partial charge < -0.3 is 9.47 Å². The van der Waals surface area contributed by atoms with Crippen LogP contribution in [0.2, 0.25) is 0 Å². The van der Waals surface area contributed by atoms with Crippen molar-refractivity contribution >= 4 is 42.7 Å². The van der Waals surface area contributed by atoms with Crippen molar-refractivity contribution in [1.82, 2.24) is 0 Å². The number of nitro benzene ring substituents is 2. The number of benzene rings is 4. The van der Waals surface area contributed by atoms with Crippen LogP contribution in [0.3, 0.4) is 0 Å². The average Bonchev–Trinajstić information content (AvgIpc) is 2.99. The van der Waals surface area contributed by atoms with Crippen LogP contribution in [0.25, 0.3) is 0 Å². The van der Waals surface area contributed by atoms with Crippen LogP contribution in [0.15, 0.2) is 107 Å². The van der Waals surface area contributed by atoms with Crippen LogP contribution in [0.5, 0.6) is 11.5 Å². The topological polar surface area (TPSA) is 164 Å². The second kappa shape index (κ2) is 12.2. The van der Waals surface area contributed by atoms with Crippen LogP contribution in [0.4, 0.5) is 22.7 Å². The average molecular weight is 575 g/mol. The Balaban J connectivity index is 1.94. The molecular weight excluding hydrogens is 552 g/mol. The number of nitrogens with zero attached hydrogens (tertiary/aromatic N) is 4. The van der Waals surface area contributed by atoms with Gasteiger partial charge in [0.1, 0.15) is 11.5 Å². The molecule has 0 spiro atoms. The van der Waals surface area contributed by atoms with E-state index in [1.165, 1.54) is 87.0 Å². The van der Waals surface area contributed by atoms with Crippen LogP contribution in [-0.4, -0.2) is 42.6 Å². The number of non-ortho nitro benzene ring substituents is 2.